The summed E-state index contributed by atoms with van der Waals surface area (Å²) in [6.07, 6.45) is 1.95. The number of rotatable bonds is 6. The molecule has 2 heterocycles. The highest BCUT2D eigenvalue weighted by molar-refractivity contribution is 7.89. The standard InChI is InChI=1S/C16H19N3O4S/c1-2-22-13-5-7-15(8-6-13)24(20,21)19-11-9-14(12-19)23-16-4-3-10-17-18-16/h3-8,10,14H,2,9,11-12H2,1H3. The summed E-state index contributed by atoms with van der Waals surface area (Å²) in [6.45, 7) is 3.14. The molecular weight excluding hydrogens is 330 g/mol. The fourth-order valence-electron chi connectivity index (χ4n) is 2.56. The molecule has 0 N–H and O–H groups in total. The molecule has 7 nitrogen and oxygen atoms in total. The van der Waals surface area contributed by atoms with Gasteiger partial charge in [0.15, 0.2) is 0 Å². The van der Waals surface area contributed by atoms with Crippen LogP contribution in [-0.4, -0.2) is 48.7 Å². The molecule has 0 saturated carbocycles. The Morgan fingerprint density at radius 2 is 2.04 bits per heavy atom. The van der Waals surface area contributed by atoms with Crippen molar-refractivity contribution in [2.75, 3.05) is 19.7 Å². The Morgan fingerprint density at radius 3 is 2.71 bits per heavy atom. The summed E-state index contributed by atoms with van der Waals surface area (Å²) in [5, 5.41) is 7.61. The topological polar surface area (TPSA) is 81.6 Å². The van der Waals surface area contributed by atoms with E-state index in [9.17, 15) is 8.42 Å². The van der Waals surface area contributed by atoms with E-state index in [2.05, 4.69) is 10.2 Å². The van der Waals surface area contributed by atoms with Crippen LogP contribution in [0.2, 0.25) is 0 Å². The fourth-order valence-corrected chi connectivity index (χ4v) is 4.04. The van der Waals surface area contributed by atoms with E-state index >= 15 is 0 Å². The van der Waals surface area contributed by atoms with E-state index in [-0.39, 0.29) is 11.0 Å². The summed E-state index contributed by atoms with van der Waals surface area (Å²) in [4.78, 5) is 0.256. The first-order valence-electron chi connectivity index (χ1n) is 7.77. The van der Waals surface area contributed by atoms with Crippen LogP contribution in [-0.2, 0) is 10.0 Å². The molecule has 128 valence electrons. The summed E-state index contributed by atoms with van der Waals surface area (Å²) in [5.74, 6) is 1.06. The zero-order chi connectivity index (χ0) is 17.0. The Hall–Kier alpha value is -2.19. The maximum absolute atomic E-state index is 12.7. The average molecular weight is 349 g/mol. The molecule has 1 aromatic heterocycles. The van der Waals surface area contributed by atoms with Crippen LogP contribution in [0.15, 0.2) is 47.5 Å². The maximum Gasteiger partial charge on any atom is 0.243 e. The third-order valence-corrected chi connectivity index (χ3v) is 5.59. The van der Waals surface area contributed by atoms with Gasteiger partial charge < -0.3 is 9.47 Å². The first-order valence-corrected chi connectivity index (χ1v) is 9.21. The fraction of sp³-hybridized carbons (Fsp3) is 0.375. The molecule has 2 aromatic rings. The number of benzene rings is 1. The second kappa shape index (κ2) is 7.14. The number of hydrogen-bond acceptors (Lipinski definition) is 6. The van der Waals surface area contributed by atoms with E-state index in [0.29, 0.717) is 37.7 Å². The zero-order valence-electron chi connectivity index (χ0n) is 13.3. The lowest BCUT2D eigenvalue weighted by Crippen LogP contribution is -2.31. The first kappa shape index (κ1) is 16.7. The number of nitrogens with zero attached hydrogens (tertiary/aromatic N) is 3. The molecule has 0 spiro atoms. The van der Waals surface area contributed by atoms with Crippen LogP contribution in [0.1, 0.15) is 13.3 Å². The van der Waals surface area contributed by atoms with E-state index in [1.165, 1.54) is 4.31 Å². The number of sulfonamides is 1. The summed E-state index contributed by atoms with van der Waals surface area (Å²) in [6, 6.07) is 9.90. The first-order chi connectivity index (χ1) is 11.6. The van der Waals surface area contributed by atoms with Crippen molar-refractivity contribution in [3.05, 3.63) is 42.6 Å². The molecular formula is C16H19N3O4S. The molecule has 24 heavy (non-hydrogen) atoms. The predicted octanol–water partition coefficient (Wildman–Crippen LogP) is 1.72. The smallest absolute Gasteiger partial charge is 0.243 e. The maximum atomic E-state index is 12.7. The van der Waals surface area contributed by atoms with Crippen LogP contribution in [0, 0.1) is 0 Å². The van der Waals surface area contributed by atoms with Gasteiger partial charge in [-0.3, -0.25) is 0 Å². The van der Waals surface area contributed by atoms with Gasteiger partial charge in [0.05, 0.1) is 18.0 Å². The van der Waals surface area contributed by atoms with Crippen molar-refractivity contribution in [2.45, 2.75) is 24.3 Å². The lowest BCUT2D eigenvalue weighted by molar-refractivity contribution is 0.204. The highest BCUT2D eigenvalue weighted by Gasteiger charge is 2.33. The van der Waals surface area contributed by atoms with Crippen molar-refractivity contribution >= 4 is 10.0 Å². The van der Waals surface area contributed by atoms with E-state index in [1.54, 1.807) is 42.6 Å². The quantitative estimate of drug-likeness (QED) is 0.790. The third kappa shape index (κ3) is 3.65. The zero-order valence-corrected chi connectivity index (χ0v) is 14.1. The highest BCUT2D eigenvalue weighted by atomic mass is 32.2. The number of ether oxygens (including phenoxy) is 2. The molecule has 1 aromatic carbocycles. The minimum atomic E-state index is -3.53. The van der Waals surface area contributed by atoms with Crippen LogP contribution in [0.3, 0.4) is 0 Å². The summed E-state index contributed by atoms with van der Waals surface area (Å²) < 4.78 is 37.9. The van der Waals surface area contributed by atoms with Crippen molar-refractivity contribution in [3.8, 4) is 11.6 Å². The molecule has 0 bridgehead atoms. The molecule has 1 saturated heterocycles. The van der Waals surface area contributed by atoms with Crippen molar-refractivity contribution in [1.82, 2.24) is 14.5 Å². The molecule has 1 aliphatic heterocycles. The molecule has 1 unspecified atom stereocenters. The molecule has 1 atom stereocenters. The van der Waals surface area contributed by atoms with Crippen molar-refractivity contribution in [1.29, 1.82) is 0 Å². The van der Waals surface area contributed by atoms with Gasteiger partial charge in [-0.2, -0.15) is 9.40 Å². The Morgan fingerprint density at radius 1 is 1.25 bits per heavy atom. The van der Waals surface area contributed by atoms with Crippen molar-refractivity contribution in [3.63, 3.8) is 0 Å². The molecule has 0 radical (unpaired) electrons. The Balaban J connectivity index is 1.67. The molecule has 1 aliphatic rings. The van der Waals surface area contributed by atoms with Crippen LogP contribution >= 0.6 is 0 Å². The molecule has 8 heteroatoms. The molecule has 1 fully saturated rings. The summed E-state index contributed by atoms with van der Waals surface area (Å²) in [7, 11) is -3.53. The SMILES string of the molecule is CCOc1ccc(S(=O)(=O)N2CCC(Oc3cccnn3)C2)cc1. The lowest BCUT2D eigenvalue weighted by atomic mass is 10.3. The second-order valence-electron chi connectivity index (χ2n) is 5.36. The molecule has 3 rings (SSSR count). The van der Waals surface area contributed by atoms with Gasteiger partial charge in [0, 0.05) is 18.8 Å². The van der Waals surface area contributed by atoms with Crippen molar-refractivity contribution < 1.29 is 17.9 Å². The Labute approximate surface area is 141 Å². The minimum absolute atomic E-state index is 0.223. The van der Waals surface area contributed by atoms with E-state index in [0.717, 1.165) is 0 Å². The van der Waals surface area contributed by atoms with Crippen molar-refractivity contribution in [2.24, 2.45) is 0 Å². The largest absolute Gasteiger partial charge is 0.494 e. The molecule has 0 aliphatic carbocycles. The Kier molecular flexibility index (Phi) is 4.96. The van der Waals surface area contributed by atoms with Gasteiger partial charge in [0.2, 0.25) is 15.9 Å². The van der Waals surface area contributed by atoms with Gasteiger partial charge in [-0.05, 0) is 43.7 Å². The second-order valence-corrected chi connectivity index (χ2v) is 7.30. The predicted molar refractivity (Wildman–Crippen MR) is 87.4 cm³/mol. The normalized spacial score (nSPS) is 18.5. The number of hydrogen-bond donors (Lipinski definition) is 0. The van der Waals surface area contributed by atoms with E-state index in [1.807, 2.05) is 6.92 Å². The summed E-state index contributed by atoms with van der Waals surface area (Å²) >= 11 is 0. The van der Waals surface area contributed by atoms with Gasteiger partial charge >= 0.3 is 0 Å². The lowest BCUT2D eigenvalue weighted by Gasteiger charge is -2.17. The van der Waals surface area contributed by atoms with Crippen LogP contribution < -0.4 is 9.47 Å². The summed E-state index contributed by atoms with van der Waals surface area (Å²) in [5.41, 5.74) is 0. The van der Waals surface area contributed by atoms with Crippen LogP contribution in [0.5, 0.6) is 11.6 Å². The monoisotopic (exact) mass is 349 g/mol. The van der Waals surface area contributed by atoms with Gasteiger partial charge in [0.25, 0.3) is 0 Å². The Bertz CT molecular complexity index is 766. The van der Waals surface area contributed by atoms with Crippen LogP contribution in [0.25, 0.3) is 0 Å². The molecule has 0 amide bonds. The minimum Gasteiger partial charge on any atom is -0.494 e. The van der Waals surface area contributed by atoms with E-state index in [4.69, 9.17) is 9.47 Å². The average Bonchev–Trinajstić information content (AvgIpc) is 3.06. The van der Waals surface area contributed by atoms with Gasteiger partial charge in [-0.1, -0.05) is 0 Å². The van der Waals surface area contributed by atoms with Gasteiger partial charge in [0.1, 0.15) is 11.9 Å². The third-order valence-electron chi connectivity index (χ3n) is 3.72. The van der Waals surface area contributed by atoms with Crippen LogP contribution in [0.4, 0.5) is 0 Å². The van der Waals surface area contributed by atoms with Gasteiger partial charge in [-0.25, -0.2) is 8.42 Å². The van der Waals surface area contributed by atoms with Gasteiger partial charge in [-0.15, -0.1) is 5.10 Å². The van der Waals surface area contributed by atoms with E-state index < -0.39 is 10.0 Å². The highest BCUT2D eigenvalue weighted by Crippen LogP contribution is 2.24. The number of aromatic nitrogens is 2.